The molecule has 0 aliphatic heterocycles. The predicted molar refractivity (Wildman–Crippen MR) is 87.7 cm³/mol. The number of carbonyl (C=O) groups is 1. The van der Waals surface area contributed by atoms with Crippen LogP contribution in [0.3, 0.4) is 0 Å². The van der Waals surface area contributed by atoms with Gasteiger partial charge in [0.2, 0.25) is 0 Å². The number of amides is 1. The van der Waals surface area contributed by atoms with E-state index in [1.807, 2.05) is 24.3 Å². The number of hydrazone groups is 1. The highest BCUT2D eigenvalue weighted by molar-refractivity contribution is 5.95. The largest absolute Gasteiger partial charge is 0.271 e. The van der Waals surface area contributed by atoms with Crippen LogP contribution in [-0.2, 0) is 0 Å². The molecule has 0 unspecified atom stereocenters. The first-order valence-corrected chi connectivity index (χ1v) is 6.93. The van der Waals surface area contributed by atoms with Gasteiger partial charge < -0.3 is 0 Å². The summed E-state index contributed by atoms with van der Waals surface area (Å²) in [5, 5.41) is 14.5. The molecule has 0 atom stereocenters. The first kappa shape index (κ1) is 15.2. The second-order valence-electron chi connectivity index (χ2n) is 4.79. The van der Waals surface area contributed by atoms with Gasteiger partial charge in [0.25, 0.3) is 11.6 Å². The summed E-state index contributed by atoms with van der Waals surface area (Å²) in [6.45, 7) is 0. The second-order valence-corrected chi connectivity index (χ2v) is 4.79. The van der Waals surface area contributed by atoms with Crippen molar-refractivity contribution in [2.75, 3.05) is 0 Å². The van der Waals surface area contributed by atoms with Crippen LogP contribution in [0.25, 0.3) is 11.0 Å². The van der Waals surface area contributed by atoms with Crippen LogP contribution in [0.2, 0.25) is 0 Å². The Hall–Kier alpha value is -3.68. The number of nitrogens with one attached hydrogen (secondary N) is 1. The minimum Gasteiger partial charge on any atom is -0.267 e. The lowest BCUT2D eigenvalue weighted by Crippen LogP contribution is -2.17. The SMILES string of the molecule is O=C(N/N=C\c1cnc2ccccc2n1)c1cccc([N+](=O)[O-])c1. The lowest BCUT2D eigenvalue weighted by Gasteiger charge is -2.00. The Morgan fingerprint density at radius 1 is 1.17 bits per heavy atom. The van der Waals surface area contributed by atoms with Gasteiger partial charge in [0.05, 0.1) is 28.4 Å². The van der Waals surface area contributed by atoms with Gasteiger partial charge in [-0.1, -0.05) is 18.2 Å². The predicted octanol–water partition coefficient (Wildman–Crippen LogP) is 2.30. The zero-order valence-corrected chi connectivity index (χ0v) is 12.3. The molecule has 8 nitrogen and oxygen atoms in total. The molecule has 3 aromatic rings. The number of fused-ring (bicyclic) bond motifs is 1. The molecule has 0 spiro atoms. The van der Waals surface area contributed by atoms with Crippen LogP contribution in [0, 0.1) is 10.1 Å². The molecular formula is C16H11N5O3. The quantitative estimate of drug-likeness (QED) is 0.450. The van der Waals surface area contributed by atoms with E-state index in [4.69, 9.17) is 0 Å². The van der Waals surface area contributed by atoms with Crippen LogP contribution in [0.5, 0.6) is 0 Å². The normalized spacial score (nSPS) is 10.8. The molecule has 3 rings (SSSR count). The number of hydrogen-bond donors (Lipinski definition) is 1. The van der Waals surface area contributed by atoms with Gasteiger partial charge in [-0.05, 0) is 18.2 Å². The Labute approximate surface area is 136 Å². The van der Waals surface area contributed by atoms with E-state index in [1.54, 1.807) is 0 Å². The second kappa shape index (κ2) is 6.61. The Balaban J connectivity index is 1.71. The Morgan fingerprint density at radius 2 is 1.96 bits per heavy atom. The summed E-state index contributed by atoms with van der Waals surface area (Å²) in [6, 6.07) is 12.8. The number of nitro groups is 1. The number of nitrogens with zero attached hydrogens (tertiary/aromatic N) is 4. The first-order valence-electron chi connectivity index (χ1n) is 6.93. The van der Waals surface area contributed by atoms with E-state index in [1.165, 1.54) is 36.7 Å². The molecule has 8 heteroatoms. The maximum absolute atomic E-state index is 11.9. The molecule has 24 heavy (non-hydrogen) atoms. The third-order valence-corrected chi connectivity index (χ3v) is 3.15. The van der Waals surface area contributed by atoms with Crippen molar-refractivity contribution in [1.82, 2.24) is 15.4 Å². The number of nitro benzene ring substituents is 1. The number of para-hydroxylation sites is 2. The fourth-order valence-electron chi connectivity index (χ4n) is 2.02. The Kier molecular flexibility index (Phi) is 4.19. The van der Waals surface area contributed by atoms with Gasteiger partial charge in [-0.25, -0.2) is 10.4 Å². The third kappa shape index (κ3) is 3.38. The molecule has 0 saturated carbocycles. The zero-order chi connectivity index (χ0) is 16.9. The molecule has 0 aliphatic rings. The molecule has 0 aliphatic carbocycles. The standard InChI is InChI=1S/C16H11N5O3/c22-16(11-4-3-5-13(8-11)21(23)24)20-18-10-12-9-17-14-6-1-2-7-15(14)19-12/h1-10H,(H,20,22)/b18-10-. The molecule has 1 N–H and O–H groups in total. The van der Waals surface area contributed by atoms with Gasteiger partial charge in [0.15, 0.2) is 0 Å². The molecule has 2 aromatic carbocycles. The van der Waals surface area contributed by atoms with Gasteiger partial charge in [-0.2, -0.15) is 5.10 Å². The van der Waals surface area contributed by atoms with Crippen LogP contribution < -0.4 is 5.43 Å². The highest BCUT2D eigenvalue weighted by Crippen LogP contribution is 2.12. The van der Waals surface area contributed by atoms with Crippen LogP contribution >= 0.6 is 0 Å². The van der Waals surface area contributed by atoms with Crippen molar-refractivity contribution in [3.05, 3.63) is 76.1 Å². The van der Waals surface area contributed by atoms with Gasteiger partial charge in [-0.15, -0.1) is 0 Å². The van der Waals surface area contributed by atoms with Crippen molar-refractivity contribution in [2.45, 2.75) is 0 Å². The summed E-state index contributed by atoms with van der Waals surface area (Å²) < 4.78 is 0. The summed E-state index contributed by atoms with van der Waals surface area (Å²) in [7, 11) is 0. The molecule has 0 radical (unpaired) electrons. The van der Waals surface area contributed by atoms with E-state index < -0.39 is 10.8 Å². The zero-order valence-electron chi connectivity index (χ0n) is 12.3. The van der Waals surface area contributed by atoms with Crippen LogP contribution in [0.4, 0.5) is 5.69 Å². The van der Waals surface area contributed by atoms with Crippen LogP contribution in [0.15, 0.2) is 59.8 Å². The topological polar surface area (TPSA) is 110 Å². The average Bonchev–Trinajstić information content (AvgIpc) is 2.61. The van der Waals surface area contributed by atoms with Crippen molar-refractivity contribution in [3.63, 3.8) is 0 Å². The molecular weight excluding hydrogens is 310 g/mol. The minimum atomic E-state index is -0.565. The fraction of sp³-hybridized carbons (Fsp3) is 0. The maximum Gasteiger partial charge on any atom is 0.271 e. The molecule has 118 valence electrons. The summed E-state index contributed by atoms with van der Waals surface area (Å²) in [5.74, 6) is -0.552. The number of hydrogen-bond acceptors (Lipinski definition) is 6. The van der Waals surface area contributed by atoms with E-state index in [0.29, 0.717) is 11.2 Å². The maximum atomic E-state index is 11.9. The van der Waals surface area contributed by atoms with Gasteiger partial charge in [-0.3, -0.25) is 19.9 Å². The van der Waals surface area contributed by atoms with Crippen molar-refractivity contribution >= 4 is 28.8 Å². The number of non-ortho nitro benzene ring substituents is 1. The third-order valence-electron chi connectivity index (χ3n) is 3.15. The number of rotatable bonds is 4. The highest BCUT2D eigenvalue weighted by atomic mass is 16.6. The van der Waals surface area contributed by atoms with E-state index >= 15 is 0 Å². The lowest BCUT2D eigenvalue weighted by atomic mass is 10.2. The van der Waals surface area contributed by atoms with Crippen molar-refractivity contribution in [3.8, 4) is 0 Å². The highest BCUT2D eigenvalue weighted by Gasteiger charge is 2.10. The Morgan fingerprint density at radius 3 is 2.75 bits per heavy atom. The molecule has 1 heterocycles. The fourth-order valence-corrected chi connectivity index (χ4v) is 2.02. The first-order chi connectivity index (χ1) is 11.6. The molecule has 1 aromatic heterocycles. The summed E-state index contributed by atoms with van der Waals surface area (Å²) in [6.07, 6.45) is 2.89. The van der Waals surface area contributed by atoms with Gasteiger partial charge in [0.1, 0.15) is 5.69 Å². The van der Waals surface area contributed by atoms with Crippen molar-refractivity contribution in [2.24, 2.45) is 5.10 Å². The van der Waals surface area contributed by atoms with Gasteiger partial charge in [0, 0.05) is 17.7 Å². The molecule has 1 amide bonds. The molecule has 0 saturated heterocycles. The van der Waals surface area contributed by atoms with Crippen molar-refractivity contribution < 1.29 is 9.72 Å². The number of aromatic nitrogens is 2. The number of benzene rings is 2. The van der Waals surface area contributed by atoms with Crippen LogP contribution in [0.1, 0.15) is 16.1 Å². The summed E-state index contributed by atoms with van der Waals surface area (Å²) in [5.41, 5.74) is 4.24. The molecule has 0 fully saturated rings. The summed E-state index contributed by atoms with van der Waals surface area (Å²) >= 11 is 0. The van der Waals surface area contributed by atoms with E-state index in [0.717, 1.165) is 5.52 Å². The van der Waals surface area contributed by atoms with Gasteiger partial charge >= 0.3 is 0 Å². The minimum absolute atomic E-state index is 0.144. The van der Waals surface area contributed by atoms with Crippen LogP contribution in [-0.4, -0.2) is 27.0 Å². The van der Waals surface area contributed by atoms with E-state index in [9.17, 15) is 14.9 Å². The Bertz CT molecular complexity index is 955. The van der Waals surface area contributed by atoms with Crippen molar-refractivity contribution in [1.29, 1.82) is 0 Å². The monoisotopic (exact) mass is 321 g/mol. The van der Waals surface area contributed by atoms with E-state index in [-0.39, 0.29) is 11.3 Å². The lowest BCUT2D eigenvalue weighted by molar-refractivity contribution is -0.384. The van der Waals surface area contributed by atoms with E-state index in [2.05, 4.69) is 20.5 Å². The summed E-state index contributed by atoms with van der Waals surface area (Å²) in [4.78, 5) is 30.6. The average molecular weight is 321 g/mol. The number of carbonyl (C=O) groups excluding carboxylic acids is 1. The molecule has 0 bridgehead atoms. The smallest absolute Gasteiger partial charge is 0.267 e.